The molecular formula is C33H28BrN3O3S. The predicted octanol–water partition coefficient (Wildman–Crippen LogP) is 5.87. The first-order valence-corrected chi connectivity index (χ1v) is 15.0. The summed E-state index contributed by atoms with van der Waals surface area (Å²) in [5.74, 6) is -0.472. The molecule has 1 aliphatic rings. The van der Waals surface area contributed by atoms with Crippen molar-refractivity contribution in [2.24, 2.45) is 4.99 Å². The Balaban J connectivity index is 1.56. The number of aromatic nitrogens is 2. The van der Waals surface area contributed by atoms with Gasteiger partial charge in [-0.05, 0) is 48.7 Å². The van der Waals surface area contributed by atoms with E-state index in [1.54, 1.807) is 4.57 Å². The number of nitrogens with zero attached hydrogens (tertiary/aromatic N) is 3. The molecule has 0 N–H and O–H groups in total. The van der Waals surface area contributed by atoms with E-state index in [0.29, 0.717) is 33.6 Å². The zero-order valence-corrected chi connectivity index (χ0v) is 25.3. The maximum atomic E-state index is 14.1. The van der Waals surface area contributed by atoms with Gasteiger partial charge in [0.1, 0.15) is 0 Å². The van der Waals surface area contributed by atoms with Crippen LogP contribution in [0.15, 0.2) is 104 Å². The number of benzene rings is 3. The van der Waals surface area contributed by atoms with Gasteiger partial charge in [0.2, 0.25) is 0 Å². The highest BCUT2D eigenvalue weighted by atomic mass is 79.9. The first kappa shape index (κ1) is 27.2. The van der Waals surface area contributed by atoms with Gasteiger partial charge in [-0.15, -0.1) is 0 Å². The molecule has 0 radical (unpaired) electrons. The molecule has 5 aromatic rings. The lowest BCUT2D eigenvalue weighted by Gasteiger charge is -2.25. The number of carbonyl (C=O) groups excluding carboxylic acids is 1. The average molecular weight is 627 g/mol. The summed E-state index contributed by atoms with van der Waals surface area (Å²) in [5, 5.41) is 1.08. The van der Waals surface area contributed by atoms with Crippen LogP contribution in [0.5, 0.6) is 0 Å². The number of rotatable bonds is 6. The summed E-state index contributed by atoms with van der Waals surface area (Å²) >= 11 is 4.88. The van der Waals surface area contributed by atoms with Gasteiger partial charge in [0.05, 0.1) is 29.0 Å². The van der Waals surface area contributed by atoms with E-state index in [4.69, 9.17) is 9.73 Å². The highest BCUT2D eigenvalue weighted by molar-refractivity contribution is 9.10. The molecule has 8 heteroatoms. The number of halogens is 1. The van der Waals surface area contributed by atoms with Crippen molar-refractivity contribution in [2.75, 3.05) is 7.11 Å². The van der Waals surface area contributed by atoms with Gasteiger partial charge in [-0.3, -0.25) is 9.36 Å². The molecule has 206 valence electrons. The molecule has 6 rings (SSSR count). The number of ether oxygens (including phenoxy) is 1. The molecule has 1 atom stereocenters. The summed E-state index contributed by atoms with van der Waals surface area (Å²) in [6.07, 6.45) is 2.52. The summed E-state index contributed by atoms with van der Waals surface area (Å²) in [6, 6.07) is 25.6. The molecule has 0 fully saturated rings. The van der Waals surface area contributed by atoms with E-state index in [1.807, 2.05) is 67.6 Å². The Kier molecular flexibility index (Phi) is 7.36. The topological polar surface area (TPSA) is 65.6 Å². The van der Waals surface area contributed by atoms with Crippen molar-refractivity contribution in [2.45, 2.75) is 32.9 Å². The number of para-hydroxylation sites is 1. The van der Waals surface area contributed by atoms with E-state index < -0.39 is 12.0 Å². The lowest BCUT2D eigenvalue weighted by molar-refractivity contribution is -0.136. The summed E-state index contributed by atoms with van der Waals surface area (Å²) < 4.78 is 10.7. The Morgan fingerprint density at radius 3 is 2.46 bits per heavy atom. The van der Waals surface area contributed by atoms with Crippen LogP contribution in [0.4, 0.5) is 0 Å². The lowest BCUT2D eigenvalue weighted by Crippen LogP contribution is -2.40. The minimum absolute atomic E-state index is 0.178. The number of hydrogen-bond donors (Lipinski definition) is 0. The van der Waals surface area contributed by atoms with Crippen LogP contribution in [0.2, 0.25) is 0 Å². The van der Waals surface area contributed by atoms with E-state index in [2.05, 4.69) is 51.7 Å². The summed E-state index contributed by atoms with van der Waals surface area (Å²) in [6.45, 7) is 4.77. The van der Waals surface area contributed by atoms with Crippen LogP contribution in [-0.4, -0.2) is 22.2 Å². The van der Waals surface area contributed by atoms with E-state index in [0.717, 1.165) is 32.2 Å². The van der Waals surface area contributed by atoms with Crippen LogP contribution in [0.1, 0.15) is 41.8 Å². The molecule has 6 nitrogen and oxygen atoms in total. The van der Waals surface area contributed by atoms with Crippen LogP contribution >= 0.6 is 27.3 Å². The van der Waals surface area contributed by atoms with Gasteiger partial charge in [0.25, 0.3) is 5.56 Å². The zero-order chi connectivity index (χ0) is 28.7. The number of thiazole rings is 1. The second-order valence-electron chi connectivity index (χ2n) is 9.93. The SMILES string of the molecule is CCC1=C(C(=O)OC)[C@@H](c2ccccc2)n2c(s/c(=C\c3c(C)n(Cc4ccc(Br)cc4)c4ccccc34)c2=O)=N1. The molecule has 3 aromatic carbocycles. The molecule has 1 aliphatic heterocycles. The van der Waals surface area contributed by atoms with Gasteiger partial charge in [-0.2, -0.15) is 0 Å². The van der Waals surface area contributed by atoms with Gasteiger partial charge in [0.15, 0.2) is 4.80 Å². The minimum atomic E-state index is -0.614. The molecule has 0 unspecified atom stereocenters. The molecule has 3 heterocycles. The second kappa shape index (κ2) is 11.1. The Labute approximate surface area is 249 Å². The Bertz CT molecular complexity index is 2000. The largest absolute Gasteiger partial charge is 0.466 e. The molecular weight excluding hydrogens is 598 g/mol. The molecule has 2 aromatic heterocycles. The molecule has 0 bridgehead atoms. The quantitative estimate of drug-likeness (QED) is 0.222. The molecule has 0 aliphatic carbocycles. The standard InChI is InChI=1S/C33H28BrN3O3S/c1-4-26-29(32(39)40-3)30(22-10-6-5-7-11-22)37-31(38)28(41-33(37)35-26)18-25-20(2)36(27-13-9-8-12-24(25)27)19-21-14-16-23(34)17-15-21/h5-18,30H,4,19H2,1-3H3/b28-18-/t30-/m1/s1. The van der Waals surface area contributed by atoms with Gasteiger partial charge in [0, 0.05) is 33.2 Å². The van der Waals surface area contributed by atoms with Gasteiger partial charge in [-0.1, -0.05) is 94.9 Å². The van der Waals surface area contributed by atoms with Gasteiger partial charge < -0.3 is 9.30 Å². The minimum Gasteiger partial charge on any atom is -0.466 e. The van der Waals surface area contributed by atoms with Crippen LogP contribution in [0.3, 0.4) is 0 Å². The molecule has 0 saturated heterocycles. The van der Waals surface area contributed by atoms with E-state index in [-0.39, 0.29) is 5.56 Å². The fourth-order valence-electron chi connectivity index (χ4n) is 5.56. The summed E-state index contributed by atoms with van der Waals surface area (Å²) in [7, 11) is 1.36. The van der Waals surface area contributed by atoms with Crippen molar-refractivity contribution >= 4 is 50.2 Å². The fourth-order valence-corrected chi connectivity index (χ4v) is 6.83. The molecule has 0 saturated carbocycles. The number of hydrogen-bond acceptors (Lipinski definition) is 5. The van der Waals surface area contributed by atoms with Crippen LogP contribution in [0.25, 0.3) is 17.0 Å². The monoisotopic (exact) mass is 625 g/mol. The van der Waals surface area contributed by atoms with Gasteiger partial charge >= 0.3 is 5.97 Å². The Morgan fingerprint density at radius 2 is 1.76 bits per heavy atom. The average Bonchev–Trinajstić information content (AvgIpc) is 3.45. The third-order valence-corrected chi connectivity index (χ3v) is 9.09. The summed E-state index contributed by atoms with van der Waals surface area (Å²) in [5.41, 5.74) is 6.07. The number of fused-ring (bicyclic) bond motifs is 2. The Hall–Kier alpha value is -4.01. The van der Waals surface area contributed by atoms with Crippen molar-refractivity contribution < 1.29 is 9.53 Å². The van der Waals surface area contributed by atoms with Crippen molar-refractivity contribution in [1.82, 2.24) is 9.13 Å². The predicted molar refractivity (Wildman–Crippen MR) is 167 cm³/mol. The van der Waals surface area contributed by atoms with Crippen molar-refractivity contribution in [1.29, 1.82) is 0 Å². The number of methoxy groups -OCH3 is 1. The first-order valence-electron chi connectivity index (χ1n) is 13.4. The molecule has 41 heavy (non-hydrogen) atoms. The highest BCUT2D eigenvalue weighted by Crippen LogP contribution is 2.32. The lowest BCUT2D eigenvalue weighted by atomic mass is 9.95. The maximum absolute atomic E-state index is 14.1. The fraction of sp³-hybridized carbons (Fsp3) is 0.182. The van der Waals surface area contributed by atoms with Crippen molar-refractivity contribution in [3.05, 3.63) is 137 Å². The number of carbonyl (C=O) groups is 1. The van der Waals surface area contributed by atoms with Crippen LogP contribution in [0, 0.1) is 6.92 Å². The third kappa shape index (κ3) is 4.81. The third-order valence-electron chi connectivity index (χ3n) is 7.57. The van der Waals surface area contributed by atoms with Crippen molar-refractivity contribution in [3.8, 4) is 0 Å². The smallest absolute Gasteiger partial charge is 0.338 e. The maximum Gasteiger partial charge on any atom is 0.338 e. The van der Waals surface area contributed by atoms with Gasteiger partial charge in [-0.25, -0.2) is 9.79 Å². The summed E-state index contributed by atoms with van der Waals surface area (Å²) in [4.78, 5) is 32.5. The number of esters is 1. The molecule has 0 amide bonds. The normalized spacial score (nSPS) is 15.2. The van der Waals surface area contributed by atoms with E-state index in [9.17, 15) is 9.59 Å². The highest BCUT2D eigenvalue weighted by Gasteiger charge is 2.33. The second-order valence-corrected chi connectivity index (χ2v) is 11.9. The first-order chi connectivity index (χ1) is 19.9. The van der Waals surface area contributed by atoms with Crippen LogP contribution < -0.4 is 14.9 Å². The number of allylic oxidation sites excluding steroid dienone is 1. The van der Waals surface area contributed by atoms with Crippen LogP contribution in [-0.2, 0) is 16.1 Å². The Morgan fingerprint density at radius 1 is 1.05 bits per heavy atom. The van der Waals surface area contributed by atoms with Crippen molar-refractivity contribution in [3.63, 3.8) is 0 Å². The zero-order valence-electron chi connectivity index (χ0n) is 22.9. The molecule has 0 spiro atoms. The van der Waals surface area contributed by atoms with E-state index in [1.165, 1.54) is 24.0 Å². The van der Waals surface area contributed by atoms with E-state index >= 15 is 0 Å².